The van der Waals surface area contributed by atoms with E-state index in [1.54, 1.807) is 7.05 Å². The quantitative estimate of drug-likeness (QED) is 0.269. The van der Waals surface area contributed by atoms with Gasteiger partial charge in [-0.15, -0.1) is 24.0 Å². The van der Waals surface area contributed by atoms with E-state index < -0.39 is 0 Å². The van der Waals surface area contributed by atoms with E-state index in [1.165, 1.54) is 18.4 Å². The predicted molar refractivity (Wildman–Crippen MR) is 114 cm³/mol. The minimum absolute atomic E-state index is 0. The maximum absolute atomic E-state index is 6.14. The topological polar surface area (TPSA) is 54.9 Å². The SMILES string of the molecule is CCCCCNC(=NC)NCc1ccc(C)cc1OC1CCOC1.I. The normalized spacial score (nSPS) is 17.1. The van der Waals surface area contributed by atoms with Crippen LogP contribution in [0.2, 0.25) is 0 Å². The van der Waals surface area contributed by atoms with Crippen LogP contribution in [0.3, 0.4) is 0 Å². The number of benzene rings is 1. The summed E-state index contributed by atoms with van der Waals surface area (Å²) in [5.74, 6) is 1.78. The molecule has 1 unspecified atom stereocenters. The Morgan fingerprint density at radius 2 is 2.16 bits per heavy atom. The van der Waals surface area contributed by atoms with E-state index in [2.05, 4.69) is 47.7 Å². The van der Waals surface area contributed by atoms with Crippen molar-refractivity contribution in [1.82, 2.24) is 10.6 Å². The molecule has 2 N–H and O–H groups in total. The third-order valence-corrected chi connectivity index (χ3v) is 4.15. The maximum Gasteiger partial charge on any atom is 0.191 e. The van der Waals surface area contributed by atoms with Crippen molar-refractivity contribution in [2.24, 2.45) is 4.99 Å². The summed E-state index contributed by atoms with van der Waals surface area (Å²) in [5, 5.41) is 6.73. The zero-order valence-electron chi connectivity index (χ0n) is 15.6. The summed E-state index contributed by atoms with van der Waals surface area (Å²) < 4.78 is 11.6. The molecule has 0 radical (unpaired) electrons. The molecule has 6 heteroatoms. The van der Waals surface area contributed by atoms with Crippen molar-refractivity contribution in [2.75, 3.05) is 26.8 Å². The first-order chi connectivity index (χ1) is 11.7. The van der Waals surface area contributed by atoms with Crippen molar-refractivity contribution in [3.05, 3.63) is 29.3 Å². The highest BCUT2D eigenvalue weighted by atomic mass is 127. The molecule has 0 saturated carbocycles. The van der Waals surface area contributed by atoms with E-state index in [9.17, 15) is 0 Å². The van der Waals surface area contributed by atoms with E-state index in [0.29, 0.717) is 13.2 Å². The monoisotopic (exact) mass is 461 g/mol. The van der Waals surface area contributed by atoms with Crippen LogP contribution in [0.5, 0.6) is 5.75 Å². The summed E-state index contributed by atoms with van der Waals surface area (Å²) in [7, 11) is 1.80. The van der Waals surface area contributed by atoms with Gasteiger partial charge in [-0.2, -0.15) is 0 Å². The second kappa shape index (κ2) is 12.4. The Morgan fingerprint density at radius 1 is 1.32 bits per heavy atom. The Bertz CT molecular complexity index is 531. The Labute approximate surface area is 169 Å². The molecule has 2 rings (SSSR count). The third-order valence-electron chi connectivity index (χ3n) is 4.15. The molecule has 0 spiro atoms. The molecular formula is C19H32IN3O2. The van der Waals surface area contributed by atoms with Crippen LogP contribution in [-0.4, -0.2) is 38.9 Å². The fourth-order valence-corrected chi connectivity index (χ4v) is 2.68. The first-order valence-corrected chi connectivity index (χ1v) is 9.01. The Morgan fingerprint density at radius 3 is 2.84 bits per heavy atom. The standard InChI is InChI=1S/C19H31N3O2.HI/c1-4-5-6-10-21-19(20-3)22-13-16-8-7-15(2)12-18(16)24-17-9-11-23-14-17;/h7-8,12,17H,4-6,9-11,13-14H2,1-3H3,(H2,20,21,22);1H. The van der Waals surface area contributed by atoms with Gasteiger partial charge in [0, 0.05) is 32.1 Å². The first kappa shape index (κ1) is 22.0. The Balaban J connectivity index is 0.00000312. The molecule has 1 atom stereocenters. The molecule has 1 aromatic rings. The molecule has 1 saturated heterocycles. The predicted octanol–water partition coefficient (Wildman–Crippen LogP) is 3.64. The molecule has 1 heterocycles. The van der Waals surface area contributed by atoms with Gasteiger partial charge in [0.2, 0.25) is 0 Å². The number of rotatable bonds is 8. The van der Waals surface area contributed by atoms with Crippen LogP contribution >= 0.6 is 24.0 Å². The summed E-state index contributed by atoms with van der Waals surface area (Å²) >= 11 is 0. The van der Waals surface area contributed by atoms with Crippen LogP contribution in [0.25, 0.3) is 0 Å². The summed E-state index contributed by atoms with van der Waals surface area (Å²) in [6.07, 6.45) is 4.75. The summed E-state index contributed by atoms with van der Waals surface area (Å²) in [4.78, 5) is 4.28. The lowest BCUT2D eigenvalue weighted by atomic mass is 10.1. The molecule has 1 aromatic carbocycles. The third kappa shape index (κ3) is 7.81. The van der Waals surface area contributed by atoms with Crippen LogP contribution in [0, 0.1) is 6.92 Å². The number of hydrogen-bond donors (Lipinski definition) is 2. The van der Waals surface area contributed by atoms with Crippen molar-refractivity contribution in [3.63, 3.8) is 0 Å². The first-order valence-electron chi connectivity index (χ1n) is 9.01. The van der Waals surface area contributed by atoms with Crippen molar-refractivity contribution in [2.45, 2.75) is 52.2 Å². The van der Waals surface area contributed by atoms with Gasteiger partial charge < -0.3 is 20.1 Å². The number of guanidine groups is 1. The molecule has 0 amide bonds. The number of unbranched alkanes of at least 4 members (excludes halogenated alkanes) is 2. The lowest BCUT2D eigenvalue weighted by Gasteiger charge is -2.18. The molecular weight excluding hydrogens is 429 g/mol. The van der Waals surface area contributed by atoms with Crippen molar-refractivity contribution >= 4 is 29.9 Å². The van der Waals surface area contributed by atoms with Crippen molar-refractivity contribution in [1.29, 1.82) is 0 Å². The zero-order valence-corrected chi connectivity index (χ0v) is 18.0. The molecule has 0 aliphatic carbocycles. The number of halogens is 1. The fraction of sp³-hybridized carbons (Fsp3) is 0.632. The minimum atomic E-state index is 0. The number of aryl methyl sites for hydroxylation is 1. The summed E-state index contributed by atoms with van der Waals surface area (Å²) in [6.45, 7) is 7.41. The highest BCUT2D eigenvalue weighted by Gasteiger charge is 2.18. The molecule has 142 valence electrons. The molecule has 0 aromatic heterocycles. The fourth-order valence-electron chi connectivity index (χ4n) is 2.68. The van der Waals surface area contributed by atoms with Crippen molar-refractivity contribution < 1.29 is 9.47 Å². The molecule has 5 nitrogen and oxygen atoms in total. The summed E-state index contributed by atoms with van der Waals surface area (Å²) in [6, 6.07) is 6.34. The molecule has 1 aliphatic heterocycles. The smallest absolute Gasteiger partial charge is 0.191 e. The number of ether oxygens (including phenoxy) is 2. The highest BCUT2D eigenvalue weighted by molar-refractivity contribution is 14.0. The lowest BCUT2D eigenvalue weighted by molar-refractivity contribution is 0.140. The molecule has 0 bridgehead atoms. The van der Waals surface area contributed by atoms with E-state index in [4.69, 9.17) is 9.47 Å². The van der Waals surface area contributed by atoms with Gasteiger partial charge in [0.05, 0.1) is 13.2 Å². The molecule has 1 aliphatic rings. The van der Waals surface area contributed by atoms with Gasteiger partial charge in [-0.3, -0.25) is 4.99 Å². The van der Waals surface area contributed by atoms with Crippen LogP contribution in [0.15, 0.2) is 23.2 Å². The second-order valence-corrected chi connectivity index (χ2v) is 6.27. The van der Waals surface area contributed by atoms with Gasteiger partial charge >= 0.3 is 0 Å². The summed E-state index contributed by atoms with van der Waals surface area (Å²) in [5.41, 5.74) is 2.35. The van der Waals surface area contributed by atoms with Crippen LogP contribution in [-0.2, 0) is 11.3 Å². The Kier molecular flexibility index (Phi) is 10.9. The molecule has 25 heavy (non-hydrogen) atoms. The van der Waals surface area contributed by atoms with Gasteiger partial charge in [-0.1, -0.05) is 31.9 Å². The lowest BCUT2D eigenvalue weighted by Crippen LogP contribution is -2.37. The zero-order chi connectivity index (χ0) is 17.2. The Hall–Kier alpha value is -1.02. The van der Waals surface area contributed by atoms with Gasteiger partial charge in [0.15, 0.2) is 5.96 Å². The average molecular weight is 461 g/mol. The van der Waals surface area contributed by atoms with Gasteiger partial charge in [-0.05, 0) is 25.0 Å². The van der Waals surface area contributed by atoms with Gasteiger partial charge in [0.1, 0.15) is 11.9 Å². The highest BCUT2D eigenvalue weighted by Crippen LogP contribution is 2.23. The van der Waals surface area contributed by atoms with E-state index in [1.807, 2.05) is 0 Å². The maximum atomic E-state index is 6.14. The van der Waals surface area contributed by atoms with Crippen LogP contribution in [0.4, 0.5) is 0 Å². The number of aliphatic imine (C=N–C) groups is 1. The van der Waals surface area contributed by atoms with Crippen LogP contribution in [0.1, 0.15) is 43.7 Å². The second-order valence-electron chi connectivity index (χ2n) is 6.27. The van der Waals surface area contributed by atoms with Gasteiger partial charge in [-0.25, -0.2) is 0 Å². The average Bonchev–Trinajstić information content (AvgIpc) is 3.09. The minimum Gasteiger partial charge on any atom is -0.488 e. The largest absolute Gasteiger partial charge is 0.488 e. The number of nitrogens with one attached hydrogen (secondary N) is 2. The van der Waals surface area contributed by atoms with E-state index in [0.717, 1.165) is 43.3 Å². The van der Waals surface area contributed by atoms with Crippen LogP contribution < -0.4 is 15.4 Å². The number of nitrogens with zero attached hydrogens (tertiary/aromatic N) is 1. The van der Waals surface area contributed by atoms with E-state index in [-0.39, 0.29) is 30.1 Å². The molecule has 1 fully saturated rings. The van der Waals surface area contributed by atoms with Crippen molar-refractivity contribution in [3.8, 4) is 5.75 Å². The number of hydrogen-bond acceptors (Lipinski definition) is 3. The van der Waals surface area contributed by atoms with Gasteiger partial charge in [0.25, 0.3) is 0 Å². The van der Waals surface area contributed by atoms with E-state index >= 15 is 0 Å².